The van der Waals surface area contributed by atoms with E-state index in [0.717, 1.165) is 26.9 Å². The lowest BCUT2D eigenvalue weighted by Gasteiger charge is -2.08. The molecule has 3 aromatic heterocycles. The second kappa shape index (κ2) is 6.33. The highest BCUT2D eigenvalue weighted by atomic mass is 32.1. The second-order valence-corrected chi connectivity index (χ2v) is 6.94. The molecule has 8 heteroatoms. The molecule has 5 aromatic rings. The van der Waals surface area contributed by atoms with Crippen LogP contribution in [0.25, 0.3) is 21.1 Å². The SMILES string of the molecule is Cn1ccc(Nc2ncnc3ccc(Oc4nc5ccccc5s4)cc23)n1. The minimum Gasteiger partial charge on any atom is -0.431 e. The van der Waals surface area contributed by atoms with E-state index >= 15 is 0 Å². The van der Waals surface area contributed by atoms with Crippen molar-refractivity contribution in [1.82, 2.24) is 24.7 Å². The number of hydrogen-bond acceptors (Lipinski definition) is 7. The van der Waals surface area contributed by atoms with Gasteiger partial charge in [-0.25, -0.2) is 15.0 Å². The molecule has 0 radical (unpaired) electrons. The molecule has 0 atom stereocenters. The topological polar surface area (TPSA) is 77.8 Å². The van der Waals surface area contributed by atoms with Crippen molar-refractivity contribution in [2.75, 3.05) is 5.32 Å². The number of nitrogens with one attached hydrogen (secondary N) is 1. The zero-order chi connectivity index (χ0) is 18.2. The maximum absolute atomic E-state index is 5.99. The number of ether oxygens (including phenoxy) is 1. The first kappa shape index (κ1) is 15.7. The Kier molecular flexibility index (Phi) is 3.68. The normalized spacial score (nSPS) is 11.1. The molecular formula is C19H14N6OS. The van der Waals surface area contributed by atoms with Gasteiger partial charge >= 0.3 is 0 Å². The summed E-state index contributed by atoms with van der Waals surface area (Å²) < 4.78 is 8.81. The summed E-state index contributed by atoms with van der Waals surface area (Å²) in [6, 6.07) is 15.5. The summed E-state index contributed by atoms with van der Waals surface area (Å²) in [6.07, 6.45) is 3.40. The van der Waals surface area contributed by atoms with Gasteiger partial charge in [-0.2, -0.15) is 5.10 Å². The number of aromatic nitrogens is 5. The molecule has 7 nitrogen and oxygen atoms in total. The number of rotatable bonds is 4. The predicted molar refractivity (Wildman–Crippen MR) is 106 cm³/mol. The van der Waals surface area contributed by atoms with E-state index in [0.29, 0.717) is 16.8 Å². The van der Waals surface area contributed by atoms with E-state index in [1.807, 2.05) is 61.8 Å². The smallest absolute Gasteiger partial charge is 0.279 e. The van der Waals surface area contributed by atoms with Gasteiger partial charge < -0.3 is 10.1 Å². The predicted octanol–water partition coefficient (Wildman–Crippen LogP) is 4.51. The Hall–Kier alpha value is -3.52. The van der Waals surface area contributed by atoms with Crippen molar-refractivity contribution in [3.63, 3.8) is 0 Å². The number of aryl methyl sites for hydroxylation is 1. The summed E-state index contributed by atoms with van der Waals surface area (Å²) >= 11 is 1.51. The molecule has 0 spiro atoms. The summed E-state index contributed by atoms with van der Waals surface area (Å²) in [5, 5.41) is 9.01. The lowest BCUT2D eigenvalue weighted by atomic mass is 10.2. The highest BCUT2D eigenvalue weighted by Crippen LogP contribution is 2.33. The van der Waals surface area contributed by atoms with Crippen molar-refractivity contribution in [3.8, 4) is 10.9 Å². The van der Waals surface area contributed by atoms with E-state index in [4.69, 9.17) is 4.74 Å². The Morgan fingerprint density at radius 1 is 1.04 bits per heavy atom. The van der Waals surface area contributed by atoms with Crippen LogP contribution in [-0.2, 0) is 7.05 Å². The van der Waals surface area contributed by atoms with Gasteiger partial charge in [-0.3, -0.25) is 4.68 Å². The Bertz CT molecular complexity index is 1230. The summed E-state index contributed by atoms with van der Waals surface area (Å²) in [5.41, 5.74) is 1.75. The van der Waals surface area contributed by atoms with Gasteiger partial charge in [-0.1, -0.05) is 23.5 Å². The van der Waals surface area contributed by atoms with E-state index in [9.17, 15) is 0 Å². The Morgan fingerprint density at radius 2 is 1.96 bits per heavy atom. The number of para-hydroxylation sites is 1. The van der Waals surface area contributed by atoms with Crippen molar-refractivity contribution in [2.24, 2.45) is 7.05 Å². The van der Waals surface area contributed by atoms with Gasteiger partial charge in [0, 0.05) is 24.7 Å². The summed E-state index contributed by atoms with van der Waals surface area (Å²) in [5.74, 6) is 2.07. The van der Waals surface area contributed by atoms with E-state index in [2.05, 4.69) is 25.4 Å². The van der Waals surface area contributed by atoms with Gasteiger partial charge in [0.25, 0.3) is 5.19 Å². The maximum Gasteiger partial charge on any atom is 0.279 e. The van der Waals surface area contributed by atoms with Crippen LogP contribution in [0.2, 0.25) is 0 Å². The number of hydrogen-bond donors (Lipinski definition) is 1. The zero-order valence-electron chi connectivity index (χ0n) is 14.3. The van der Waals surface area contributed by atoms with E-state index in [-0.39, 0.29) is 0 Å². The average Bonchev–Trinajstić information content (AvgIpc) is 3.27. The fraction of sp³-hybridized carbons (Fsp3) is 0.0526. The lowest BCUT2D eigenvalue weighted by Crippen LogP contribution is -1.98. The highest BCUT2D eigenvalue weighted by Gasteiger charge is 2.10. The van der Waals surface area contributed by atoms with Crippen LogP contribution in [0.3, 0.4) is 0 Å². The van der Waals surface area contributed by atoms with Crippen LogP contribution in [0.5, 0.6) is 10.9 Å². The van der Waals surface area contributed by atoms with Gasteiger partial charge in [0.1, 0.15) is 17.9 Å². The molecule has 5 rings (SSSR count). The van der Waals surface area contributed by atoms with Crippen molar-refractivity contribution in [3.05, 3.63) is 61.1 Å². The third kappa shape index (κ3) is 3.06. The minimum atomic E-state index is 0.603. The molecule has 0 aliphatic carbocycles. The quantitative estimate of drug-likeness (QED) is 0.499. The molecule has 2 aromatic carbocycles. The third-order valence-corrected chi connectivity index (χ3v) is 4.96. The number of thiazole rings is 1. The molecule has 0 aliphatic heterocycles. The summed E-state index contributed by atoms with van der Waals surface area (Å²) in [7, 11) is 1.87. The van der Waals surface area contributed by atoms with E-state index < -0.39 is 0 Å². The largest absolute Gasteiger partial charge is 0.431 e. The Balaban J connectivity index is 1.50. The average molecular weight is 374 g/mol. The lowest BCUT2D eigenvalue weighted by molar-refractivity contribution is 0.481. The van der Waals surface area contributed by atoms with Crippen molar-refractivity contribution in [1.29, 1.82) is 0 Å². The number of benzene rings is 2. The van der Waals surface area contributed by atoms with Gasteiger partial charge in [-0.15, -0.1) is 0 Å². The first-order valence-electron chi connectivity index (χ1n) is 8.29. The number of nitrogens with zero attached hydrogens (tertiary/aromatic N) is 5. The first-order chi connectivity index (χ1) is 13.2. The molecule has 0 saturated carbocycles. The Morgan fingerprint density at radius 3 is 2.81 bits per heavy atom. The second-order valence-electron chi connectivity index (χ2n) is 5.95. The van der Waals surface area contributed by atoms with E-state index in [1.54, 1.807) is 4.68 Å². The number of fused-ring (bicyclic) bond motifs is 2. The van der Waals surface area contributed by atoms with Crippen LogP contribution in [0.4, 0.5) is 11.6 Å². The van der Waals surface area contributed by atoms with Crippen LogP contribution in [0, 0.1) is 0 Å². The fourth-order valence-electron chi connectivity index (χ4n) is 2.80. The first-order valence-corrected chi connectivity index (χ1v) is 9.11. The third-order valence-electron chi connectivity index (χ3n) is 4.05. The van der Waals surface area contributed by atoms with Crippen LogP contribution in [0.15, 0.2) is 61.1 Å². The molecule has 1 N–H and O–H groups in total. The van der Waals surface area contributed by atoms with Crippen molar-refractivity contribution >= 4 is 44.1 Å². The van der Waals surface area contributed by atoms with Gasteiger partial charge in [0.05, 0.1) is 15.7 Å². The van der Waals surface area contributed by atoms with E-state index in [1.165, 1.54) is 17.7 Å². The molecule has 132 valence electrons. The molecule has 27 heavy (non-hydrogen) atoms. The van der Waals surface area contributed by atoms with Crippen LogP contribution < -0.4 is 10.1 Å². The minimum absolute atomic E-state index is 0.603. The van der Waals surface area contributed by atoms with Crippen LogP contribution in [-0.4, -0.2) is 24.7 Å². The molecule has 0 unspecified atom stereocenters. The molecular weight excluding hydrogens is 360 g/mol. The highest BCUT2D eigenvalue weighted by molar-refractivity contribution is 7.20. The molecule has 0 aliphatic rings. The summed E-state index contributed by atoms with van der Waals surface area (Å²) in [6.45, 7) is 0. The molecule has 0 saturated heterocycles. The fourth-order valence-corrected chi connectivity index (χ4v) is 3.63. The van der Waals surface area contributed by atoms with Crippen LogP contribution >= 0.6 is 11.3 Å². The van der Waals surface area contributed by atoms with Crippen molar-refractivity contribution < 1.29 is 4.74 Å². The molecule has 0 bridgehead atoms. The molecule has 3 heterocycles. The van der Waals surface area contributed by atoms with Gasteiger partial charge in [0.15, 0.2) is 5.82 Å². The zero-order valence-corrected chi connectivity index (χ0v) is 15.1. The van der Waals surface area contributed by atoms with Gasteiger partial charge in [-0.05, 0) is 30.3 Å². The standard InChI is InChI=1S/C19H14N6OS/c1-25-9-8-17(24-25)23-18-13-10-12(6-7-14(13)20-11-21-18)26-19-22-15-4-2-3-5-16(15)27-19/h2-11H,1H3,(H,20,21,23,24). The maximum atomic E-state index is 5.99. The Labute approximate surface area is 158 Å². The van der Waals surface area contributed by atoms with Crippen LogP contribution in [0.1, 0.15) is 0 Å². The monoisotopic (exact) mass is 374 g/mol. The number of anilines is 2. The van der Waals surface area contributed by atoms with Crippen molar-refractivity contribution in [2.45, 2.75) is 0 Å². The molecule has 0 fully saturated rings. The summed E-state index contributed by atoms with van der Waals surface area (Å²) in [4.78, 5) is 13.2. The molecule has 0 amide bonds. The van der Waals surface area contributed by atoms with Gasteiger partial charge in [0.2, 0.25) is 0 Å².